The molecule has 0 amide bonds. The van der Waals surface area contributed by atoms with Crippen LogP contribution in [0.4, 0.5) is 0 Å². The number of hydrogen-bond acceptors (Lipinski definition) is 3. The van der Waals surface area contributed by atoms with Crippen molar-refractivity contribution in [2.75, 3.05) is 0 Å². The highest BCUT2D eigenvalue weighted by molar-refractivity contribution is 5.95. The SMILES string of the molecule is c1cc(-c2cc(-c3ccncc3)cc(-c3ccncc3)c2)cc(-c2nccc3ccccc23)c1. The van der Waals surface area contributed by atoms with Crippen LogP contribution in [0.5, 0.6) is 0 Å². The monoisotopic (exact) mass is 435 g/mol. The Bertz CT molecular complexity index is 1530. The number of aromatic nitrogens is 3. The average Bonchev–Trinajstić information content (AvgIpc) is 2.93. The highest BCUT2D eigenvalue weighted by atomic mass is 14.7. The van der Waals surface area contributed by atoms with Crippen LogP contribution in [-0.2, 0) is 0 Å². The van der Waals surface area contributed by atoms with E-state index in [2.05, 4.69) is 82.8 Å². The molecule has 3 aromatic carbocycles. The fourth-order valence-electron chi connectivity index (χ4n) is 4.41. The molecule has 0 spiro atoms. The molecular weight excluding hydrogens is 414 g/mol. The molecule has 0 atom stereocenters. The molecule has 6 aromatic rings. The number of benzene rings is 3. The summed E-state index contributed by atoms with van der Waals surface area (Å²) in [5, 5.41) is 2.35. The Balaban J connectivity index is 1.52. The number of hydrogen-bond donors (Lipinski definition) is 0. The van der Waals surface area contributed by atoms with Gasteiger partial charge in [-0.3, -0.25) is 15.0 Å². The summed E-state index contributed by atoms with van der Waals surface area (Å²) in [6.45, 7) is 0. The van der Waals surface area contributed by atoms with Gasteiger partial charge in [0.25, 0.3) is 0 Å². The summed E-state index contributed by atoms with van der Waals surface area (Å²) in [6, 6.07) is 34.0. The Morgan fingerprint density at radius 1 is 0.382 bits per heavy atom. The van der Waals surface area contributed by atoms with Crippen LogP contribution in [0.1, 0.15) is 0 Å². The molecule has 0 saturated heterocycles. The molecule has 160 valence electrons. The first-order valence-electron chi connectivity index (χ1n) is 11.3. The topological polar surface area (TPSA) is 38.7 Å². The molecule has 0 aliphatic rings. The van der Waals surface area contributed by atoms with E-state index in [1.807, 2.05) is 55.2 Å². The van der Waals surface area contributed by atoms with Crippen molar-refractivity contribution in [1.82, 2.24) is 15.0 Å². The van der Waals surface area contributed by atoms with E-state index in [1.54, 1.807) is 0 Å². The minimum absolute atomic E-state index is 1.000. The van der Waals surface area contributed by atoms with Gasteiger partial charge in [0.05, 0.1) is 5.69 Å². The van der Waals surface area contributed by atoms with Gasteiger partial charge in [-0.2, -0.15) is 0 Å². The lowest BCUT2D eigenvalue weighted by atomic mass is 9.93. The zero-order chi connectivity index (χ0) is 22.7. The third kappa shape index (κ3) is 3.84. The molecule has 0 N–H and O–H groups in total. The zero-order valence-electron chi connectivity index (χ0n) is 18.5. The Hall–Kier alpha value is -4.63. The van der Waals surface area contributed by atoms with E-state index in [1.165, 1.54) is 5.39 Å². The first-order chi connectivity index (χ1) is 16.8. The van der Waals surface area contributed by atoms with Crippen molar-refractivity contribution in [3.05, 3.63) is 128 Å². The number of rotatable bonds is 4. The van der Waals surface area contributed by atoms with Crippen molar-refractivity contribution in [1.29, 1.82) is 0 Å². The Labute approximate surface area is 198 Å². The van der Waals surface area contributed by atoms with Crippen molar-refractivity contribution < 1.29 is 0 Å². The molecule has 0 aliphatic carbocycles. The lowest BCUT2D eigenvalue weighted by Crippen LogP contribution is -1.89. The van der Waals surface area contributed by atoms with Crippen LogP contribution >= 0.6 is 0 Å². The summed E-state index contributed by atoms with van der Waals surface area (Å²) in [7, 11) is 0. The Morgan fingerprint density at radius 3 is 1.62 bits per heavy atom. The molecule has 3 nitrogen and oxygen atoms in total. The summed E-state index contributed by atoms with van der Waals surface area (Å²) in [5.74, 6) is 0. The molecule has 6 rings (SSSR count). The fourth-order valence-corrected chi connectivity index (χ4v) is 4.41. The van der Waals surface area contributed by atoms with Gasteiger partial charge in [0.1, 0.15) is 0 Å². The van der Waals surface area contributed by atoms with Gasteiger partial charge in [0.15, 0.2) is 0 Å². The molecule has 0 saturated carbocycles. The van der Waals surface area contributed by atoms with Crippen LogP contribution in [0.15, 0.2) is 128 Å². The fraction of sp³-hybridized carbons (Fsp3) is 0. The summed E-state index contributed by atoms with van der Waals surface area (Å²) in [6.07, 6.45) is 9.22. The van der Waals surface area contributed by atoms with Gasteiger partial charge in [-0.25, -0.2) is 0 Å². The third-order valence-corrected chi connectivity index (χ3v) is 6.10. The predicted octanol–water partition coefficient (Wildman–Crippen LogP) is 7.69. The van der Waals surface area contributed by atoms with Gasteiger partial charge < -0.3 is 0 Å². The second kappa shape index (κ2) is 8.72. The highest BCUT2D eigenvalue weighted by Gasteiger charge is 2.10. The van der Waals surface area contributed by atoms with Crippen LogP contribution in [0, 0.1) is 0 Å². The Morgan fingerprint density at radius 2 is 0.941 bits per heavy atom. The minimum atomic E-state index is 1.000. The lowest BCUT2D eigenvalue weighted by molar-refractivity contribution is 1.33. The number of fused-ring (bicyclic) bond motifs is 1. The van der Waals surface area contributed by atoms with E-state index < -0.39 is 0 Å². The van der Waals surface area contributed by atoms with E-state index in [4.69, 9.17) is 4.98 Å². The van der Waals surface area contributed by atoms with E-state index >= 15 is 0 Å². The van der Waals surface area contributed by atoms with E-state index in [9.17, 15) is 0 Å². The van der Waals surface area contributed by atoms with Crippen LogP contribution in [0.2, 0.25) is 0 Å². The molecular formula is C31H21N3. The summed E-state index contributed by atoms with van der Waals surface area (Å²) >= 11 is 0. The van der Waals surface area contributed by atoms with Crippen molar-refractivity contribution in [2.45, 2.75) is 0 Å². The largest absolute Gasteiger partial charge is 0.265 e. The van der Waals surface area contributed by atoms with Crippen LogP contribution < -0.4 is 0 Å². The molecule has 0 fully saturated rings. The summed E-state index contributed by atoms with van der Waals surface area (Å²) in [5.41, 5.74) is 8.99. The molecule has 0 radical (unpaired) electrons. The van der Waals surface area contributed by atoms with Gasteiger partial charge >= 0.3 is 0 Å². The highest BCUT2D eigenvalue weighted by Crippen LogP contribution is 2.35. The summed E-state index contributed by atoms with van der Waals surface area (Å²) in [4.78, 5) is 13.1. The molecule has 3 aromatic heterocycles. The maximum absolute atomic E-state index is 4.73. The predicted molar refractivity (Wildman–Crippen MR) is 139 cm³/mol. The first kappa shape index (κ1) is 20.0. The van der Waals surface area contributed by atoms with Crippen molar-refractivity contribution in [3.8, 4) is 44.6 Å². The Kier molecular flexibility index (Phi) is 5.13. The van der Waals surface area contributed by atoms with E-state index in [0.29, 0.717) is 0 Å². The smallest absolute Gasteiger partial charge is 0.0780 e. The van der Waals surface area contributed by atoms with Gasteiger partial charge in [-0.15, -0.1) is 0 Å². The molecule has 34 heavy (non-hydrogen) atoms. The third-order valence-electron chi connectivity index (χ3n) is 6.10. The molecule has 3 heterocycles. The van der Waals surface area contributed by atoms with Gasteiger partial charge in [0.2, 0.25) is 0 Å². The van der Waals surface area contributed by atoms with Crippen molar-refractivity contribution >= 4 is 10.8 Å². The number of pyridine rings is 3. The summed E-state index contributed by atoms with van der Waals surface area (Å²) < 4.78 is 0. The number of nitrogens with zero attached hydrogens (tertiary/aromatic N) is 3. The van der Waals surface area contributed by atoms with Crippen LogP contribution in [0.3, 0.4) is 0 Å². The van der Waals surface area contributed by atoms with E-state index in [-0.39, 0.29) is 0 Å². The maximum atomic E-state index is 4.73. The van der Waals surface area contributed by atoms with Crippen molar-refractivity contribution in [2.24, 2.45) is 0 Å². The molecule has 0 unspecified atom stereocenters. The second-order valence-corrected chi connectivity index (χ2v) is 8.23. The van der Waals surface area contributed by atoms with Gasteiger partial charge in [-0.1, -0.05) is 42.5 Å². The minimum Gasteiger partial charge on any atom is -0.265 e. The average molecular weight is 436 g/mol. The zero-order valence-corrected chi connectivity index (χ0v) is 18.5. The van der Waals surface area contributed by atoms with Crippen molar-refractivity contribution in [3.63, 3.8) is 0 Å². The van der Waals surface area contributed by atoms with E-state index in [0.717, 1.165) is 50.0 Å². The lowest BCUT2D eigenvalue weighted by Gasteiger charge is -2.12. The molecule has 0 bridgehead atoms. The van der Waals surface area contributed by atoms with Gasteiger partial charge in [-0.05, 0) is 93.4 Å². The molecule has 3 heteroatoms. The quantitative estimate of drug-likeness (QED) is 0.285. The molecule has 0 aliphatic heterocycles. The first-order valence-corrected chi connectivity index (χ1v) is 11.3. The second-order valence-electron chi connectivity index (χ2n) is 8.23. The van der Waals surface area contributed by atoms with Crippen LogP contribution in [-0.4, -0.2) is 15.0 Å². The van der Waals surface area contributed by atoms with Crippen LogP contribution in [0.25, 0.3) is 55.4 Å². The van der Waals surface area contributed by atoms with Gasteiger partial charge in [0, 0.05) is 41.9 Å². The normalized spacial score (nSPS) is 10.9. The standard InChI is InChI=1S/C31H21N3/c1-2-7-30-24(4-1)12-17-34-31(30)26-6-3-5-25(18-26)29-20-27(22-8-13-32-14-9-22)19-28(21-29)23-10-15-33-16-11-23/h1-21H. The maximum Gasteiger partial charge on any atom is 0.0780 e.